The van der Waals surface area contributed by atoms with Crippen LogP contribution in [0.5, 0.6) is 0 Å². The van der Waals surface area contributed by atoms with E-state index in [0.717, 1.165) is 17.7 Å². The van der Waals surface area contributed by atoms with Crippen molar-refractivity contribution in [2.45, 2.75) is 43.7 Å². The lowest BCUT2D eigenvalue weighted by Crippen LogP contribution is -2.21. The van der Waals surface area contributed by atoms with Crippen LogP contribution in [0.15, 0.2) is 35.1 Å². The zero-order valence-corrected chi connectivity index (χ0v) is 12.1. The molecule has 5 nitrogen and oxygen atoms in total. The van der Waals surface area contributed by atoms with Crippen molar-refractivity contribution in [3.05, 3.63) is 35.9 Å². The van der Waals surface area contributed by atoms with Gasteiger partial charge in [0, 0.05) is 42.9 Å². The first-order valence-electron chi connectivity index (χ1n) is 6.14. The van der Waals surface area contributed by atoms with Gasteiger partial charge in [0.05, 0.1) is 0 Å². The van der Waals surface area contributed by atoms with Crippen molar-refractivity contribution < 1.29 is 0 Å². The molecule has 0 aliphatic heterocycles. The van der Waals surface area contributed by atoms with Crippen molar-refractivity contribution in [1.29, 1.82) is 0 Å². The van der Waals surface area contributed by atoms with Crippen LogP contribution in [0.1, 0.15) is 25.0 Å². The summed E-state index contributed by atoms with van der Waals surface area (Å²) >= 11 is 1.36. The molecule has 2 rings (SSSR count). The van der Waals surface area contributed by atoms with Gasteiger partial charge in [-0.05, 0) is 24.2 Å². The Morgan fingerprint density at radius 2 is 1.53 bits per heavy atom. The molecule has 1 N–H and O–H groups in total. The van der Waals surface area contributed by atoms with Crippen molar-refractivity contribution >= 4 is 11.8 Å². The van der Waals surface area contributed by atoms with Gasteiger partial charge in [-0.25, -0.2) is 19.9 Å². The minimum absolute atomic E-state index is 0.454. The molecule has 0 aliphatic carbocycles. The molecule has 0 fully saturated rings. The fourth-order valence-corrected chi connectivity index (χ4v) is 1.91. The smallest absolute Gasteiger partial charge is 0.195 e. The van der Waals surface area contributed by atoms with Gasteiger partial charge in [0.1, 0.15) is 0 Å². The highest BCUT2D eigenvalue weighted by Gasteiger charge is 2.03. The zero-order chi connectivity index (χ0) is 13.7. The first kappa shape index (κ1) is 13.9. The van der Waals surface area contributed by atoms with Crippen molar-refractivity contribution in [2.24, 2.45) is 0 Å². The van der Waals surface area contributed by atoms with Crippen molar-refractivity contribution in [1.82, 2.24) is 25.3 Å². The standard InChI is InChI=1S/C13H17N5S/c1-9(2)14-6-11-7-17-13(18-8-11)19-12-15-4-10(3)5-16-12/h4-5,7-9,14H,6H2,1-3H3. The van der Waals surface area contributed by atoms with E-state index in [1.54, 1.807) is 12.4 Å². The summed E-state index contributed by atoms with van der Waals surface area (Å²) in [5, 5.41) is 4.66. The molecule has 6 heteroatoms. The summed E-state index contributed by atoms with van der Waals surface area (Å²) in [6, 6.07) is 0.454. The molecule has 0 saturated carbocycles. The summed E-state index contributed by atoms with van der Waals surface area (Å²) in [7, 11) is 0. The van der Waals surface area contributed by atoms with Gasteiger partial charge in [0.25, 0.3) is 0 Å². The van der Waals surface area contributed by atoms with Crippen LogP contribution in [-0.2, 0) is 6.54 Å². The van der Waals surface area contributed by atoms with Crippen LogP contribution in [0, 0.1) is 6.92 Å². The second kappa shape index (κ2) is 6.58. The molecule has 0 aliphatic rings. The van der Waals surface area contributed by atoms with E-state index in [2.05, 4.69) is 39.1 Å². The number of hydrogen-bond acceptors (Lipinski definition) is 6. The number of rotatable bonds is 5. The van der Waals surface area contributed by atoms with Crippen molar-refractivity contribution in [2.75, 3.05) is 0 Å². The first-order chi connectivity index (χ1) is 9.13. The molecule has 0 atom stereocenters. The number of nitrogens with one attached hydrogen (secondary N) is 1. The van der Waals surface area contributed by atoms with Crippen LogP contribution in [-0.4, -0.2) is 26.0 Å². The summed E-state index contributed by atoms with van der Waals surface area (Å²) in [5.41, 5.74) is 2.11. The van der Waals surface area contributed by atoms with Gasteiger partial charge in [0.2, 0.25) is 0 Å². The molecule has 2 aromatic heterocycles. The lowest BCUT2D eigenvalue weighted by molar-refractivity contribution is 0.585. The Bertz CT molecular complexity index is 510. The summed E-state index contributed by atoms with van der Waals surface area (Å²) in [6.45, 7) is 6.96. The minimum atomic E-state index is 0.454. The van der Waals surface area contributed by atoms with Crippen molar-refractivity contribution in [3.8, 4) is 0 Å². The summed E-state index contributed by atoms with van der Waals surface area (Å²) in [5.74, 6) is 0. The van der Waals surface area contributed by atoms with Crippen LogP contribution in [0.25, 0.3) is 0 Å². The number of aromatic nitrogens is 4. The zero-order valence-electron chi connectivity index (χ0n) is 11.3. The maximum absolute atomic E-state index is 4.31. The summed E-state index contributed by atoms with van der Waals surface area (Å²) < 4.78 is 0. The van der Waals surface area contributed by atoms with Crippen LogP contribution < -0.4 is 5.32 Å². The van der Waals surface area contributed by atoms with E-state index in [9.17, 15) is 0 Å². The number of hydrogen-bond donors (Lipinski definition) is 1. The Hall–Kier alpha value is -1.53. The Labute approximate surface area is 117 Å². The molecule has 2 heterocycles. The van der Waals surface area contributed by atoms with Crippen LogP contribution >= 0.6 is 11.8 Å². The van der Waals surface area contributed by atoms with Gasteiger partial charge in [-0.15, -0.1) is 0 Å². The molecule has 0 spiro atoms. The fraction of sp³-hybridized carbons (Fsp3) is 0.385. The predicted octanol–water partition coefficient (Wildman–Crippen LogP) is 2.22. The maximum atomic E-state index is 4.31. The topological polar surface area (TPSA) is 63.6 Å². The largest absolute Gasteiger partial charge is 0.310 e. The SMILES string of the molecule is Cc1cnc(Sc2ncc(CNC(C)C)cn2)nc1. The average Bonchev–Trinajstić information content (AvgIpc) is 2.40. The van der Waals surface area contributed by atoms with Gasteiger partial charge in [-0.3, -0.25) is 0 Å². The Morgan fingerprint density at radius 3 is 2.05 bits per heavy atom. The third kappa shape index (κ3) is 4.57. The van der Waals surface area contributed by atoms with E-state index in [1.807, 2.05) is 19.3 Å². The molecule has 0 amide bonds. The monoisotopic (exact) mass is 275 g/mol. The second-order valence-corrected chi connectivity index (χ2v) is 5.49. The number of aryl methyl sites for hydroxylation is 1. The van der Waals surface area contributed by atoms with Gasteiger partial charge < -0.3 is 5.32 Å². The van der Waals surface area contributed by atoms with E-state index in [4.69, 9.17) is 0 Å². The molecular weight excluding hydrogens is 258 g/mol. The third-order valence-corrected chi connectivity index (χ3v) is 3.12. The highest BCUT2D eigenvalue weighted by molar-refractivity contribution is 7.99. The lowest BCUT2D eigenvalue weighted by Gasteiger charge is -2.07. The molecule has 0 radical (unpaired) electrons. The molecule has 0 aromatic carbocycles. The molecule has 0 unspecified atom stereocenters. The third-order valence-electron chi connectivity index (χ3n) is 2.34. The van der Waals surface area contributed by atoms with Gasteiger partial charge in [0.15, 0.2) is 10.3 Å². The lowest BCUT2D eigenvalue weighted by atomic mass is 10.3. The van der Waals surface area contributed by atoms with E-state index in [-0.39, 0.29) is 0 Å². The fourth-order valence-electron chi connectivity index (χ4n) is 1.32. The van der Waals surface area contributed by atoms with Gasteiger partial charge in [-0.2, -0.15) is 0 Å². The van der Waals surface area contributed by atoms with Crippen LogP contribution in [0.2, 0.25) is 0 Å². The quantitative estimate of drug-likeness (QED) is 0.844. The van der Waals surface area contributed by atoms with Crippen LogP contribution in [0.3, 0.4) is 0 Å². The molecule has 19 heavy (non-hydrogen) atoms. The molecule has 0 saturated heterocycles. The Balaban J connectivity index is 1.96. The van der Waals surface area contributed by atoms with E-state index in [0.29, 0.717) is 16.4 Å². The molecule has 2 aromatic rings. The van der Waals surface area contributed by atoms with Crippen molar-refractivity contribution in [3.63, 3.8) is 0 Å². The highest BCUT2D eigenvalue weighted by Crippen LogP contribution is 2.19. The molecule has 100 valence electrons. The summed E-state index contributed by atoms with van der Waals surface area (Å²) in [6.07, 6.45) is 7.24. The number of nitrogens with zero attached hydrogens (tertiary/aromatic N) is 4. The Kier molecular flexibility index (Phi) is 4.81. The van der Waals surface area contributed by atoms with E-state index < -0.39 is 0 Å². The normalized spacial score (nSPS) is 10.9. The first-order valence-corrected chi connectivity index (χ1v) is 6.96. The minimum Gasteiger partial charge on any atom is -0.310 e. The summed E-state index contributed by atoms with van der Waals surface area (Å²) in [4.78, 5) is 17.0. The van der Waals surface area contributed by atoms with E-state index >= 15 is 0 Å². The maximum Gasteiger partial charge on any atom is 0.195 e. The molecular formula is C13H17N5S. The average molecular weight is 275 g/mol. The molecule has 0 bridgehead atoms. The van der Waals surface area contributed by atoms with Gasteiger partial charge in [-0.1, -0.05) is 13.8 Å². The van der Waals surface area contributed by atoms with Gasteiger partial charge >= 0.3 is 0 Å². The van der Waals surface area contributed by atoms with E-state index in [1.165, 1.54) is 11.8 Å². The second-order valence-electron chi connectivity index (χ2n) is 4.55. The Morgan fingerprint density at radius 1 is 1.00 bits per heavy atom. The highest BCUT2D eigenvalue weighted by atomic mass is 32.2. The predicted molar refractivity (Wildman–Crippen MR) is 74.9 cm³/mol. The van der Waals surface area contributed by atoms with Crippen LogP contribution in [0.4, 0.5) is 0 Å².